The number of carbonyl (C=O) groups excluding carboxylic acids is 1. The van der Waals surface area contributed by atoms with Gasteiger partial charge in [0.25, 0.3) is 0 Å². The van der Waals surface area contributed by atoms with E-state index in [9.17, 15) is 14.7 Å². The second-order valence-corrected chi connectivity index (χ2v) is 5.75. The van der Waals surface area contributed by atoms with Gasteiger partial charge in [0.1, 0.15) is 0 Å². The van der Waals surface area contributed by atoms with Crippen molar-refractivity contribution in [3.63, 3.8) is 0 Å². The Morgan fingerprint density at radius 1 is 1.44 bits per heavy atom. The number of amides is 1. The molecule has 2 N–H and O–H groups in total. The van der Waals surface area contributed by atoms with E-state index in [1.54, 1.807) is 0 Å². The van der Waals surface area contributed by atoms with Crippen LogP contribution in [0.1, 0.15) is 39.0 Å². The first-order valence-electron chi connectivity index (χ1n) is 6.75. The fourth-order valence-electron chi connectivity index (χ4n) is 2.86. The second kappa shape index (κ2) is 5.26. The average molecular weight is 254 g/mol. The quantitative estimate of drug-likeness (QED) is 0.766. The number of hydrogen-bond acceptors (Lipinski definition) is 3. The maximum absolute atomic E-state index is 11.5. The number of carbonyl (C=O) groups is 2. The maximum atomic E-state index is 11.5. The van der Waals surface area contributed by atoms with Crippen LogP contribution in [0.4, 0.5) is 0 Å². The molecule has 2 rings (SSSR count). The van der Waals surface area contributed by atoms with E-state index in [1.165, 1.54) is 0 Å². The van der Waals surface area contributed by atoms with Gasteiger partial charge in [0.15, 0.2) is 0 Å². The minimum Gasteiger partial charge on any atom is -0.481 e. The highest BCUT2D eigenvalue weighted by atomic mass is 16.4. The first kappa shape index (κ1) is 13.3. The number of carboxylic acids is 1. The Morgan fingerprint density at radius 3 is 2.72 bits per heavy atom. The molecular formula is C13H22N2O3. The summed E-state index contributed by atoms with van der Waals surface area (Å²) in [5.41, 5.74) is -0.580. The lowest BCUT2D eigenvalue weighted by molar-refractivity contribution is -0.151. The van der Waals surface area contributed by atoms with E-state index in [2.05, 4.69) is 10.2 Å². The molecule has 2 aliphatic rings. The van der Waals surface area contributed by atoms with Gasteiger partial charge in [-0.05, 0) is 45.7 Å². The van der Waals surface area contributed by atoms with Gasteiger partial charge in [-0.25, -0.2) is 0 Å². The third-order valence-corrected chi connectivity index (χ3v) is 4.39. The molecule has 5 heteroatoms. The monoisotopic (exact) mass is 254 g/mol. The SMILES string of the molecule is CC1(C(=O)O)CCN(C2CCCNC(=O)C2)CC1. The summed E-state index contributed by atoms with van der Waals surface area (Å²) in [7, 11) is 0. The van der Waals surface area contributed by atoms with Crippen LogP contribution < -0.4 is 5.32 Å². The van der Waals surface area contributed by atoms with Gasteiger partial charge in [0.05, 0.1) is 5.41 Å². The maximum Gasteiger partial charge on any atom is 0.309 e. The molecule has 2 saturated heterocycles. The van der Waals surface area contributed by atoms with Crippen molar-refractivity contribution in [2.45, 2.75) is 45.1 Å². The van der Waals surface area contributed by atoms with Crippen LogP contribution in [0.15, 0.2) is 0 Å². The molecule has 0 aromatic heterocycles. The summed E-state index contributed by atoms with van der Waals surface area (Å²) in [6.07, 6.45) is 3.97. The Bertz CT molecular complexity index is 335. The van der Waals surface area contributed by atoms with Crippen LogP contribution in [0.5, 0.6) is 0 Å². The topological polar surface area (TPSA) is 69.6 Å². The van der Waals surface area contributed by atoms with Gasteiger partial charge >= 0.3 is 5.97 Å². The summed E-state index contributed by atoms with van der Waals surface area (Å²) >= 11 is 0. The third kappa shape index (κ3) is 2.83. The standard InChI is InChI=1S/C13H22N2O3/c1-13(12(17)18)4-7-15(8-5-13)10-3-2-6-14-11(16)9-10/h10H,2-9H2,1H3,(H,14,16)(H,17,18). The van der Waals surface area contributed by atoms with E-state index in [1.807, 2.05) is 6.92 Å². The summed E-state index contributed by atoms with van der Waals surface area (Å²) in [4.78, 5) is 25.0. The predicted octanol–water partition coefficient (Wildman–Crippen LogP) is 0.842. The molecule has 5 nitrogen and oxygen atoms in total. The van der Waals surface area contributed by atoms with Crippen LogP contribution in [0.25, 0.3) is 0 Å². The van der Waals surface area contributed by atoms with Crippen LogP contribution in [-0.2, 0) is 9.59 Å². The smallest absolute Gasteiger partial charge is 0.309 e. The molecule has 0 aliphatic carbocycles. The van der Waals surface area contributed by atoms with Crippen LogP contribution >= 0.6 is 0 Å². The number of rotatable bonds is 2. The van der Waals surface area contributed by atoms with Gasteiger partial charge < -0.3 is 10.4 Å². The lowest BCUT2D eigenvalue weighted by Gasteiger charge is -2.40. The lowest BCUT2D eigenvalue weighted by Crippen LogP contribution is -2.47. The molecule has 0 bridgehead atoms. The van der Waals surface area contributed by atoms with Crippen molar-refractivity contribution in [2.24, 2.45) is 5.41 Å². The van der Waals surface area contributed by atoms with E-state index in [4.69, 9.17) is 0 Å². The van der Waals surface area contributed by atoms with Gasteiger partial charge in [-0.15, -0.1) is 0 Å². The molecule has 0 aromatic carbocycles. The summed E-state index contributed by atoms with van der Waals surface area (Å²) in [6, 6.07) is 0.297. The largest absolute Gasteiger partial charge is 0.481 e. The number of carboxylic acid groups (broad SMARTS) is 1. The minimum atomic E-state index is -0.694. The number of likely N-dealkylation sites (tertiary alicyclic amines) is 1. The Kier molecular flexibility index (Phi) is 3.90. The Labute approximate surface area is 108 Å². The zero-order valence-electron chi connectivity index (χ0n) is 10.9. The van der Waals surface area contributed by atoms with E-state index in [0.717, 1.165) is 32.5 Å². The number of hydrogen-bond donors (Lipinski definition) is 2. The molecule has 2 heterocycles. The van der Waals surface area contributed by atoms with Crippen molar-refractivity contribution in [3.05, 3.63) is 0 Å². The third-order valence-electron chi connectivity index (χ3n) is 4.39. The highest BCUT2D eigenvalue weighted by molar-refractivity contribution is 5.77. The predicted molar refractivity (Wildman–Crippen MR) is 67.2 cm³/mol. The molecule has 1 unspecified atom stereocenters. The highest BCUT2D eigenvalue weighted by Gasteiger charge is 2.38. The molecule has 1 atom stereocenters. The number of nitrogens with one attached hydrogen (secondary N) is 1. The van der Waals surface area contributed by atoms with E-state index >= 15 is 0 Å². The first-order chi connectivity index (χ1) is 8.51. The van der Waals surface area contributed by atoms with Gasteiger partial charge in [0, 0.05) is 19.0 Å². The van der Waals surface area contributed by atoms with E-state index in [-0.39, 0.29) is 5.91 Å². The van der Waals surface area contributed by atoms with Crippen LogP contribution in [-0.4, -0.2) is 47.6 Å². The van der Waals surface area contributed by atoms with Crippen LogP contribution in [0.2, 0.25) is 0 Å². The lowest BCUT2D eigenvalue weighted by atomic mass is 9.80. The number of aliphatic carboxylic acids is 1. The van der Waals surface area contributed by atoms with Crippen molar-refractivity contribution in [2.75, 3.05) is 19.6 Å². The van der Waals surface area contributed by atoms with Crippen LogP contribution in [0, 0.1) is 5.41 Å². The molecule has 0 saturated carbocycles. The average Bonchev–Trinajstić information content (AvgIpc) is 2.55. The minimum absolute atomic E-state index is 0.129. The fraction of sp³-hybridized carbons (Fsp3) is 0.846. The van der Waals surface area contributed by atoms with Gasteiger partial charge in [0.2, 0.25) is 5.91 Å². The van der Waals surface area contributed by atoms with Crippen LogP contribution in [0.3, 0.4) is 0 Å². The van der Waals surface area contributed by atoms with Crippen molar-refractivity contribution in [1.82, 2.24) is 10.2 Å². The fourth-order valence-corrected chi connectivity index (χ4v) is 2.86. The molecule has 0 radical (unpaired) electrons. The Balaban J connectivity index is 1.92. The van der Waals surface area contributed by atoms with Gasteiger partial charge in [-0.3, -0.25) is 14.5 Å². The Morgan fingerprint density at radius 2 is 2.11 bits per heavy atom. The normalized spacial score (nSPS) is 29.4. The summed E-state index contributed by atoms with van der Waals surface area (Å²) in [5.74, 6) is -0.565. The zero-order valence-corrected chi connectivity index (χ0v) is 10.9. The highest BCUT2D eigenvalue weighted by Crippen LogP contribution is 2.32. The molecule has 18 heavy (non-hydrogen) atoms. The van der Waals surface area contributed by atoms with E-state index in [0.29, 0.717) is 25.3 Å². The number of piperidine rings is 1. The first-order valence-corrected chi connectivity index (χ1v) is 6.75. The van der Waals surface area contributed by atoms with Gasteiger partial charge in [-0.1, -0.05) is 0 Å². The second-order valence-electron chi connectivity index (χ2n) is 5.75. The molecule has 2 aliphatic heterocycles. The summed E-state index contributed by atoms with van der Waals surface area (Å²) in [5, 5.41) is 12.1. The van der Waals surface area contributed by atoms with Crippen molar-refractivity contribution in [3.8, 4) is 0 Å². The zero-order chi connectivity index (χ0) is 13.2. The number of nitrogens with zero attached hydrogens (tertiary/aromatic N) is 1. The molecule has 1 amide bonds. The van der Waals surface area contributed by atoms with E-state index < -0.39 is 11.4 Å². The van der Waals surface area contributed by atoms with Gasteiger partial charge in [-0.2, -0.15) is 0 Å². The molecule has 102 valence electrons. The van der Waals surface area contributed by atoms with Crippen molar-refractivity contribution < 1.29 is 14.7 Å². The summed E-state index contributed by atoms with van der Waals surface area (Å²) in [6.45, 7) is 4.18. The molecular weight excluding hydrogens is 232 g/mol. The summed E-state index contributed by atoms with van der Waals surface area (Å²) < 4.78 is 0. The Hall–Kier alpha value is -1.10. The van der Waals surface area contributed by atoms with Crippen molar-refractivity contribution >= 4 is 11.9 Å². The molecule has 0 spiro atoms. The molecule has 0 aromatic rings. The van der Waals surface area contributed by atoms with Crippen molar-refractivity contribution in [1.29, 1.82) is 0 Å². The molecule has 2 fully saturated rings.